The van der Waals surface area contributed by atoms with Crippen LogP contribution in [0.15, 0.2) is 0 Å². The van der Waals surface area contributed by atoms with Gasteiger partial charge in [0, 0.05) is 0 Å². The molecular formula is C11H22O2. The lowest BCUT2D eigenvalue weighted by molar-refractivity contribution is -0.159. The minimum absolute atomic E-state index is 0.0190. The van der Waals surface area contributed by atoms with Crippen molar-refractivity contribution in [2.24, 2.45) is 16.2 Å². The molecule has 0 unspecified atom stereocenters. The van der Waals surface area contributed by atoms with Crippen LogP contribution in [0.1, 0.15) is 48.5 Å². The van der Waals surface area contributed by atoms with Crippen molar-refractivity contribution < 1.29 is 9.90 Å². The van der Waals surface area contributed by atoms with Gasteiger partial charge in [0.1, 0.15) is 0 Å². The first-order valence-electron chi connectivity index (χ1n) is 4.68. The molecule has 0 amide bonds. The van der Waals surface area contributed by atoms with Crippen molar-refractivity contribution in [3.63, 3.8) is 0 Å². The molecule has 2 heteroatoms. The number of rotatable bonds is 2. The van der Waals surface area contributed by atoms with Gasteiger partial charge in [0.15, 0.2) is 0 Å². The van der Waals surface area contributed by atoms with Gasteiger partial charge in [0.2, 0.25) is 0 Å². The van der Waals surface area contributed by atoms with Gasteiger partial charge in [-0.25, -0.2) is 0 Å². The Labute approximate surface area is 81.3 Å². The van der Waals surface area contributed by atoms with Crippen LogP contribution in [0.2, 0.25) is 0 Å². The summed E-state index contributed by atoms with van der Waals surface area (Å²) in [7, 11) is 0. The van der Waals surface area contributed by atoms with Crippen molar-refractivity contribution in [3.05, 3.63) is 0 Å². The number of aliphatic carboxylic acids is 1. The second-order valence-corrected chi connectivity index (χ2v) is 5.81. The quantitative estimate of drug-likeness (QED) is 0.719. The second kappa shape index (κ2) is 3.00. The summed E-state index contributed by atoms with van der Waals surface area (Å²) in [5.74, 6) is -0.729. The first-order chi connectivity index (χ1) is 5.44. The number of carbonyl (C=O) groups is 1. The highest BCUT2D eigenvalue weighted by Gasteiger charge is 2.49. The Morgan fingerprint density at radius 3 is 1.31 bits per heavy atom. The summed E-state index contributed by atoms with van der Waals surface area (Å²) in [6.45, 7) is 13.9. The highest BCUT2D eigenvalue weighted by molar-refractivity contribution is 5.74. The lowest BCUT2D eigenvalue weighted by Gasteiger charge is -2.48. The van der Waals surface area contributed by atoms with Crippen LogP contribution in [0.5, 0.6) is 0 Å². The largest absolute Gasteiger partial charge is 0.481 e. The Morgan fingerprint density at radius 2 is 1.23 bits per heavy atom. The zero-order chi connectivity index (χ0) is 11.1. The van der Waals surface area contributed by atoms with Crippen molar-refractivity contribution in [1.82, 2.24) is 0 Å². The van der Waals surface area contributed by atoms with Crippen LogP contribution in [-0.4, -0.2) is 11.1 Å². The maximum Gasteiger partial charge on any atom is 0.309 e. The van der Waals surface area contributed by atoms with E-state index in [1.165, 1.54) is 0 Å². The van der Waals surface area contributed by atoms with E-state index >= 15 is 0 Å². The first kappa shape index (κ1) is 12.5. The fourth-order valence-corrected chi connectivity index (χ4v) is 1.20. The zero-order valence-electron chi connectivity index (χ0n) is 9.86. The standard InChI is InChI=1S/C11H22O2/c1-9(2,3)11(6,7)10(4,5)8(12)13/h1-7H3,(H,12,13). The molecule has 1 N–H and O–H groups in total. The number of hydrogen-bond acceptors (Lipinski definition) is 1. The van der Waals surface area contributed by atoms with E-state index in [9.17, 15) is 4.79 Å². The van der Waals surface area contributed by atoms with E-state index in [1.807, 2.05) is 13.8 Å². The van der Waals surface area contributed by atoms with Gasteiger partial charge in [-0.1, -0.05) is 34.6 Å². The van der Waals surface area contributed by atoms with Crippen LogP contribution < -0.4 is 0 Å². The topological polar surface area (TPSA) is 37.3 Å². The maximum atomic E-state index is 11.1. The van der Waals surface area contributed by atoms with Gasteiger partial charge >= 0.3 is 5.97 Å². The summed E-state index contributed by atoms with van der Waals surface area (Å²) in [6.07, 6.45) is 0. The van der Waals surface area contributed by atoms with E-state index in [-0.39, 0.29) is 10.8 Å². The molecule has 0 aromatic rings. The summed E-state index contributed by atoms with van der Waals surface area (Å²) in [5, 5.41) is 9.14. The Balaban J connectivity index is 5.16. The van der Waals surface area contributed by atoms with E-state index in [0.717, 1.165) is 0 Å². The number of hydrogen-bond donors (Lipinski definition) is 1. The Kier molecular flexibility index (Phi) is 2.88. The second-order valence-electron chi connectivity index (χ2n) is 5.81. The van der Waals surface area contributed by atoms with Gasteiger partial charge in [-0.05, 0) is 24.7 Å². The average Bonchev–Trinajstić information content (AvgIpc) is 1.84. The van der Waals surface area contributed by atoms with Gasteiger partial charge in [0.25, 0.3) is 0 Å². The fourth-order valence-electron chi connectivity index (χ4n) is 1.20. The normalized spacial score (nSPS) is 14.4. The third-order valence-electron chi connectivity index (χ3n) is 3.97. The van der Waals surface area contributed by atoms with Crippen LogP contribution in [0.4, 0.5) is 0 Å². The first-order valence-corrected chi connectivity index (χ1v) is 4.68. The molecule has 0 heterocycles. The van der Waals surface area contributed by atoms with Gasteiger partial charge in [-0.15, -0.1) is 0 Å². The van der Waals surface area contributed by atoms with E-state index in [0.29, 0.717) is 0 Å². The van der Waals surface area contributed by atoms with Gasteiger partial charge < -0.3 is 5.11 Å². The third-order valence-corrected chi connectivity index (χ3v) is 3.97. The van der Waals surface area contributed by atoms with Gasteiger partial charge in [-0.2, -0.15) is 0 Å². The highest BCUT2D eigenvalue weighted by atomic mass is 16.4. The van der Waals surface area contributed by atoms with Crippen molar-refractivity contribution in [1.29, 1.82) is 0 Å². The van der Waals surface area contributed by atoms with Crippen molar-refractivity contribution in [2.75, 3.05) is 0 Å². The maximum absolute atomic E-state index is 11.1. The molecule has 0 bridgehead atoms. The molecule has 13 heavy (non-hydrogen) atoms. The van der Waals surface area contributed by atoms with Crippen molar-refractivity contribution >= 4 is 5.97 Å². The van der Waals surface area contributed by atoms with E-state index in [4.69, 9.17) is 5.11 Å². The smallest absolute Gasteiger partial charge is 0.309 e. The molecule has 0 fully saturated rings. The molecule has 0 spiro atoms. The van der Waals surface area contributed by atoms with E-state index < -0.39 is 11.4 Å². The molecule has 2 nitrogen and oxygen atoms in total. The van der Waals surface area contributed by atoms with Crippen LogP contribution in [0.25, 0.3) is 0 Å². The van der Waals surface area contributed by atoms with Crippen LogP contribution in [-0.2, 0) is 4.79 Å². The van der Waals surface area contributed by atoms with Crippen molar-refractivity contribution in [2.45, 2.75) is 48.5 Å². The van der Waals surface area contributed by atoms with Crippen LogP contribution in [0.3, 0.4) is 0 Å². The fraction of sp³-hybridized carbons (Fsp3) is 0.909. The minimum atomic E-state index is -0.729. The monoisotopic (exact) mass is 186 g/mol. The Hall–Kier alpha value is -0.530. The summed E-state index contributed by atoms with van der Waals surface area (Å²) in [5.41, 5.74) is -0.966. The molecule has 0 saturated heterocycles. The van der Waals surface area contributed by atoms with E-state index in [1.54, 1.807) is 13.8 Å². The average molecular weight is 186 g/mol. The molecule has 0 radical (unpaired) electrons. The lowest BCUT2D eigenvalue weighted by Crippen LogP contribution is -2.47. The number of carboxylic acid groups (broad SMARTS) is 1. The summed E-state index contributed by atoms with van der Waals surface area (Å²) in [4.78, 5) is 11.1. The predicted octanol–water partition coefficient (Wildman–Crippen LogP) is 3.17. The minimum Gasteiger partial charge on any atom is -0.481 e. The molecule has 0 aliphatic heterocycles. The zero-order valence-corrected chi connectivity index (χ0v) is 9.86. The Morgan fingerprint density at radius 1 is 0.923 bits per heavy atom. The van der Waals surface area contributed by atoms with Gasteiger partial charge in [0.05, 0.1) is 5.41 Å². The molecule has 0 aliphatic carbocycles. The summed E-state index contributed by atoms with van der Waals surface area (Å²) in [6, 6.07) is 0. The lowest BCUT2D eigenvalue weighted by atomic mass is 9.55. The van der Waals surface area contributed by atoms with Crippen LogP contribution in [0, 0.1) is 16.2 Å². The molecule has 78 valence electrons. The van der Waals surface area contributed by atoms with E-state index in [2.05, 4.69) is 20.8 Å². The highest BCUT2D eigenvalue weighted by Crippen LogP contribution is 2.51. The van der Waals surface area contributed by atoms with Crippen LogP contribution >= 0.6 is 0 Å². The molecule has 0 rings (SSSR count). The Bertz CT molecular complexity index is 207. The van der Waals surface area contributed by atoms with Gasteiger partial charge in [-0.3, -0.25) is 4.79 Å². The summed E-state index contributed by atoms with van der Waals surface area (Å²) >= 11 is 0. The number of carboxylic acids is 1. The predicted molar refractivity (Wildman–Crippen MR) is 54.7 cm³/mol. The molecule has 0 atom stereocenters. The molecule has 0 saturated carbocycles. The molecular weight excluding hydrogens is 164 g/mol. The molecule has 0 aliphatic rings. The molecule has 0 aromatic heterocycles. The van der Waals surface area contributed by atoms with Crippen molar-refractivity contribution in [3.8, 4) is 0 Å². The molecule has 0 aromatic carbocycles. The summed E-state index contributed by atoms with van der Waals surface area (Å²) < 4.78 is 0. The third kappa shape index (κ3) is 1.87. The SMILES string of the molecule is CC(C)(C)C(C)(C)C(C)(C)C(=O)O.